The van der Waals surface area contributed by atoms with E-state index in [2.05, 4.69) is 5.32 Å². The SMILES string of the molecule is C1C[C@H]2C[C@@H]3C[C@H]2[C@@H](C3)N1. The minimum Gasteiger partial charge on any atom is -0.314 e. The zero-order valence-corrected chi connectivity index (χ0v) is 6.34. The van der Waals surface area contributed by atoms with Crippen LogP contribution in [0.4, 0.5) is 0 Å². The Bertz CT molecular complexity index is 138. The van der Waals surface area contributed by atoms with Crippen LogP contribution in [-0.2, 0) is 0 Å². The van der Waals surface area contributed by atoms with Crippen molar-refractivity contribution < 1.29 is 0 Å². The van der Waals surface area contributed by atoms with Crippen molar-refractivity contribution in [3.8, 4) is 0 Å². The van der Waals surface area contributed by atoms with Gasteiger partial charge >= 0.3 is 0 Å². The number of rotatable bonds is 0. The van der Waals surface area contributed by atoms with Crippen LogP contribution in [0.25, 0.3) is 0 Å². The van der Waals surface area contributed by atoms with Gasteiger partial charge in [0, 0.05) is 6.04 Å². The average molecular weight is 137 g/mol. The van der Waals surface area contributed by atoms with E-state index in [4.69, 9.17) is 0 Å². The van der Waals surface area contributed by atoms with Crippen LogP contribution in [-0.4, -0.2) is 12.6 Å². The summed E-state index contributed by atoms with van der Waals surface area (Å²) in [7, 11) is 0. The van der Waals surface area contributed by atoms with Crippen LogP contribution in [0.2, 0.25) is 0 Å². The van der Waals surface area contributed by atoms with E-state index in [1.165, 1.54) is 19.4 Å². The molecular weight excluding hydrogens is 122 g/mol. The Hall–Kier alpha value is -0.0400. The summed E-state index contributed by atoms with van der Waals surface area (Å²) in [5.41, 5.74) is 0. The maximum atomic E-state index is 3.64. The Morgan fingerprint density at radius 2 is 2.10 bits per heavy atom. The first kappa shape index (κ1) is 5.59. The second kappa shape index (κ2) is 1.76. The lowest BCUT2D eigenvalue weighted by atomic mass is 9.80. The fourth-order valence-corrected chi connectivity index (χ4v) is 3.52. The zero-order chi connectivity index (χ0) is 6.55. The minimum absolute atomic E-state index is 0.942. The molecule has 1 N–H and O–H groups in total. The maximum Gasteiger partial charge on any atom is 0.0101 e. The predicted molar refractivity (Wildman–Crippen MR) is 40.7 cm³/mol. The Morgan fingerprint density at radius 3 is 2.80 bits per heavy atom. The van der Waals surface area contributed by atoms with E-state index in [0.29, 0.717) is 0 Å². The van der Waals surface area contributed by atoms with Crippen molar-refractivity contribution >= 4 is 0 Å². The van der Waals surface area contributed by atoms with E-state index >= 15 is 0 Å². The van der Waals surface area contributed by atoms with Crippen molar-refractivity contribution in [3.05, 3.63) is 0 Å². The van der Waals surface area contributed by atoms with Crippen molar-refractivity contribution in [1.82, 2.24) is 5.32 Å². The molecule has 0 amide bonds. The largest absolute Gasteiger partial charge is 0.314 e. The highest BCUT2D eigenvalue weighted by Gasteiger charge is 2.47. The first-order chi connectivity index (χ1) is 4.93. The molecule has 3 aliphatic rings. The second-order valence-corrected chi connectivity index (χ2v) is 4.35. The summed E-state index contributed by atoms with van der Waals surface area (Å²) >= 11 is 0. The molecule has 4 atom stereocenters. The molecule has 0 aromatic rings. The first-order valence-corrected chi connectivity index (χ1v) is 4.67. The molecular formula is C9H15N. The third-order valence-electron chi connectivity index (χ3n) is 3.87. The fraction of sp³-hybridized carbons (Fsp3) is 1.00. The second-order valence-electron chi connectivity index (χ2n) is 4.35. The standard InChI is InChI=1S/C9H15N/c1-2-10-9-5-6-3-7(1)8(9)4-6/h6-10H,1-5H2/t6-,7+,8-,9-/m1/s1. The molecule has 1 heteroatoms. The van der Waals surface area contributed by atoms with Crippen molar-refractivity contribution in [2.75, 3.05) is 6.54 Å². The number of hydrogen-bond donors (Lipinski definition) is 1. The molecule has 0 aromatic heterocycles. The molecule has 0 spiro atoms. The summed E-state index contributed by atoms with van der Waals surface area (Å²) < 4.78 is 0. The van der Waals surface area contributed by atoms with Crippen LogP contribution >= 0.6 is 0 Å². The van der Waals surface area contributed by atoms with E-state index in [-0.39, 0.29) is 0 Å². The number of nitrogens with one attached hydrogen (secondary N) is 1. The minimum atomic E-state index is 0.942. The van der Waals surface area contributed by atoms with Gasteiger partial charge in [0.05, 0.1) is 0 Å². The van der Waals surface area contributed by atoms with Gasteiger partial charge < -0.3 is 5.32 Å². The quantitative estimate of drug-likeness (QED) is 0.532. The topological polar surface area (TPSA) is 12.0 Å². The van der Waals surface area contributed by atoms with Crippen LogP contribution in [0.3, 0.4) is 0 Å². The van der Waals surface area contributed by atoms with Gasteiger partial charge in [-0.15, -0.1) is 0 Å². The molecule has 3 rings (SSSR count). The van der Waals surface area contributed by atoms with Crippen molar-refractivity contribution in [2.45, 2.75) is 31.7 Å². The lowest BCUT2D eigenvalue weighted by Crippen LogP contribution is -2.43. The molecule has 2 aliphatic carbocycles. The Labute approximate surface area is 62.2 Å². The Balaban J connectivity index is 1.91. The highest BCUT2D eigenvalue weighted by atomic mass is 15.0. The summed E-state index contributed by atoms with van der Waals surface area (Å²) in [6.07, 6.45) is 6.10. The predicted octanol–water partition coefficient (Wildman–Crippen LogP) is 1.39. The van der Waals surface area contributed by atoms with E-state index in [9.17, 15) is 0 Å². The van der Waals surface area contributed by atoms with Crippen molar-refractivity contribution in [3.63, 3.8) is 0 Å². The molecule has 1 nitrogen and oxygen atoms in total. The lowest BCUT2D eigenvalue weighted by Gasteiger charge is -2.35. The third kappa shape index (κ3) is 0.572. The van der Waals surface area contributed by atoms with E-state index in [0.717, 1.165) is 23.8 Å². The van der Waals surface area contributed by atoms with E-state index < -0.39 is 0 Å². The zero-order valence-electron chi connectivity index (χ0n) is 6.34. The molecule has 2 bridgehead atoms. The monoisotopic (exact) mass is 137 g/mol. The summed E-state index contributed by atoms with van der Waals surface area (Å²) in [4.78, 5) is 0. The number of fused-ring (bicyclic) bond motifs is 1. The van der Waals surface area contributed by atoms with Gasteiger partial charge in [-0.05, 0) is 50.0 Å². The summed E-state index contributed by atoms with van der Waals surface area (Å²) in [5, 5.41) is 3.64. The smallest absolute Gasteiger partial charge is 0.0101 e. The molecule has 1 heterocycles. The highest BCUT2D eigenvalue weighted by Crippen LogP contribution is 2.51. The van der Waals surface area contributed by atoms with Gasteiger partial charge in [0.25, 0.3) is 0 Å². The van der Waals surface area contributed by atoms with Gasteiger partial charge in [-0.3, -0.25) is 0 Å². The molecule has 3 fully saturated rings. The van der Waals surface area contributed by atoms with Gasteiger partial charge in [0.1, 0.15) is 0 Å². The first-order valence-electron chi connectivity index (χ1n) is 4.67. The van der Waals surface area contributed by atoms with Crippen molar-refractivity contribution in [2.24, 2.45) is 17.8 Å². The van der Waals surface area contributed by atoms with Gasteiger partial charge in [0.2, 0.25) is 0 Å². The Kier molecular flexibility index (Phi) is 0.984. The van der Waals surface area contributed by atoms with Gasteiger partial charge in [-0.25, -0.2) is 0 Å². The molecule has 1 aliphatic heterocycles. The Morgan fingerprint density at radius 1 is 1.10 bits per heavy atom. The van der Waals surface area contributed by atoms with Crippen LogP contribution in [0.5, 0.6) is 0 Å². The molecule has 1 saturated heterocycles. The number of piperidine rings is 1. The van der Waals surface area contributed by atoms with E-state index in [1.807, 2.05) is 0 Å². The molecule has 0 radical (unpaired) electrons. The van der Waals surface area contributed by atoms with Crippen LogP contribution in [0.1, 0.15) is 25.7 Å². The van der Waals surface area contributed by atoms with E-state index in [1.54, 1.807) is 12.8 Å². The number of hydrogen-bond acceptors (Lipinski definition) is 1. The van der Waals surface area contributed by atoms with Crippen molar-refractivity contribution in [1.29, 1.82) is 0 Å². The lowest BCUT2D eigenvalue weighted by molar-refractivity contribution is 0.200. The molecule has 0 aromatic carbocycles. The van der Waals surface area contributed by atoms with Gasteiger partial charge in [-0.1, -0.05) is 0 Å². The molecule has 56 valence electrons. The van der Waals surface area contributed by atoms with Gasteiger partial charge in [-0.2, -0.15) is 0 Å². The normalized spacial score (nSPS) is 57.6. The summed E-state index contributed by atoms with van der Waals surface area (Å²) in [5.74, 6) is 3.34. The van der Waals surface area contributed by atoms with Crippen LogP contribution in [0.15, 0.2) is 0 Å². The van der Waals surface area contributed by atoms with Crippen LogP contribution < -0.4 is 5.32 Å². The maximum absolute atomic E-state index is 3.64. The molecule has 0 unspecified atom stereocenters. The summed E-state index contributed by atoms with van der Waals surface area (Å²) in [6.45, 7) is 1.30. The molecule has 10 heavy (non-hydrogen) atoms. The average Bonchev–Trinajstić information content (AvgIpc) is 2.40. The highest BCUT2D eigenvalue weighted by molar-refractivity contribution is 5.01. The molecule has 2 saturated carbocycles. The fourth-order valence-electron chi connectivity index (χ4n) is 3.52. The summed E-state index contributed by atoms with van der Waals surface area (Å²) in [6, 6.07) is 0.942. The van der Waals surface area contributed by atoms with Gasteiger partial charge in [0.15, 0.2) is 0 Å². The van der Waals surface area contributed by atoms with Crippen LogP contribution in [0, 0.1) is 17.8 Å². The third-order valence-corrected chi connectivity index (χ3v) is 3.87.